The molecule has 0 aromatic carbocycles. The number of rotatable bonds is 8. The van der Waals surface area contributed by atoms with E-state index >= 15 is 0 Å². The molecule has 0 saturated heterocycles. The standard InChI is InChI=1S/C9H18F3N3O/c10-9(11,12)8(16)15-7-3-6-14-5-2-1-4-13/h14H,1-7,13H2,(H,15,16). The number of nitrogens with one attached hydrogen (secondary N) is 2. The number of nitrogens with two attached hydrogens (primary N) is 1. The van der Waals surface area contributed by atoms with Crippen molar-refractivity contribution in [3.05, 3.63) is 0 Å². The van der Waals surface area contributed by atoms with Crippen LogP contribution in [0.1, 0.15) is 19.3 Å². The number of alkyl halides is 3. The third kappa shape index (κ3) is 8.49. The summed E-state index contributed by atoms with van der Waals surface area (Å²) in [5.74, 6) is -1.88. The van der Waals surface area contributed by atoms with Crippen molar-refractivity contribution in [3.63, 3.8) is 0 Å². The van der Waals surface area contributed by atoms with Crippen molar-refractivity contribution in [2.75, 3.05) is 26.2 Å². The van der Waals surface area contributed by atoms with Crippen LogP contribution < -0.4 is 16.4 Å². The SMILES string of the molecule is NCCCCNCCCNC(=O)C(F)(F)F. The number of amides is 1. The quantitative estimate of drug-likeness (QED) is 0.538. The zero-order chi connectivity index (χ0) is 12.4. The Labute approximate surface area is 92.8 Å². The van der Waals surface area contributed by atoms with Gasteiger partial charge in [-0.1, -0.05) is 0 Å². The monoisotopic (exact) mass is 241 g/mol. The third-order valence-electron chi connectivity index (χ3n) is 1.88. The van der Waals surface area contributed by atoms with E-state index in [1.807, 2.05) is 0 Å². The van der Waals surface area contributed by atoms with E-state index in [0.29, 0.717) is 19.5 Å². The summed E-state index contributed by atoms with van der Waals surface area (Å²) < 4.78 is 35.2. The highest BCUT2D eigenvalue weighted by Gasteiger charge is 2.38. The van der Waals surface area contributed by atoms with E-state index in [1.54, 1.807) is 5.32 Å². The maximum Gasteiger partial charge on any atom is 0.471 e. The Morgan fingerprint density at radius 1 is 1.06 bits per heavy atom. The molecule has 0 aliphatic heterocycles. The van der Waals surface area contributed by atoms with Crippen LogP contribution in [-0.4, -0.2) is 38.3 Å². The van der Waals surface area contributed by atoms with E-state index in [9.17, 15) is 18.0 Å². The van der Waals surface area contributed by atoms with Gasteiger partial charge in [0.15, 0.2) is 0 Å². The van der Waals surface area contributed by atoms with E-state index in [1.165, 1.54) is 0 Å². The van der Waals surface area contributed by atoms with Crippen molar-refractivity contribution in [1.29, 1.82) is 0 Å². The predicted octanol–water partition coefficient (Wildman–Crippen LogP) is 0.384. The Bertz CT molecular complexity index is 197. The first-order valence-electron chi connectivity index (χ1n) is 5.24. The van der Waals surface area contributed by atoms with Crippen LogP contribution in [0.15, 0.2) is 0 Å². The molecule has 16 heavy (non-hydrogen) atoms. The lowest BCUT2D eigenvalue weighted by Crippen LogP contribution is -2.38. The Hall–Kier alpha value is -0.820. The molecule has 96 valence electrons. The smallest absolute Gasteiger partial charge is 0.348 e. The largest absolute Gasteiger partial charge is 0.471 e. The molecule has 0 aromatic rings. The zero-order valence-electron chi connectivity index (χ0n) is 9.07. The summed E-state index contributed by atoms with van der Waals surface area (Å²) in [6.07, 6.45) is -2.43. The first kappa shape index (κ1) is 15.2. The molecule has 0 atom stereocenters. The van der Waals surface area contributed by atoms with Gasteiger partial charge in [-0.15, -0.1) is 0 Å². The lowest BCUT2D eigenvalue weighted by molar-refractivity contribution is -0.173. The van der Waals surface area contributed by atoms with Crippen LogP contribution in [0.4, 0.5) is 13.2 Å². The van der Waals surface area contributed by atoms with Gasteiger partial charge in [0.05, 0.1) is 0 Å². The van der Waals surface area contributed by atoms with Gasteiger partial charge in [-0.25, -0.2) is 0 Å². The van der Waals surface area contributed by atoms with Crippen molar-refractivity contribution in [1.82, 2.24) is 10.6 Å². The molecule has 0 rings (SSSR count). The normalized spacial score (nSPS) is 11.5. The molecule has 1 amide bonds. The van der Waals surface area contributed by atoms with Crippen LogP contribution in [0.25, 0.3) is 0 Å². The van der Waals surface area contributed by atoms with E-state index in [4.69, 9.17) is 5.73 Å². The highest BCUT2D eigenvalue weighted by Crippen LogP contribution is 2.13. The summed E-state index contributed by atoms with van der Waals surface area (Å²) in [6, 6.07) is 0. The first-order chi connectivity index (χ1) is 7.48. The van der Waals surface area contributed by atoms with E-state index in [-0.39, 0.29) is 6.54 Å². The van der Waals surface area contributed by atoms with Crippen LogP contribution >= 0.6 is 0 Å². The molecule has 0 aromatic heterocycles. The lowest BCUT2D eigenvalue weighted by atomic mass is 10.3. The summed E-state index contributed by atoms with van der Waals surface area (Å²) in [4.78, 5) is 10.4. The highest BCUT2D eigenvalue weighted by molar-refractivity contribution is 5.81. The van der Waals surface area contributed by atoms with Gasteiger partial charge < -0.3 is 16.4 Å². The van der Waals surface area contributed by atoms with Gasteiger partial charge in [0.2, 0.25) is 0 Å². The topological polar surface area (TPSA) is 67.2 Å². The number of halogens is 3. The molecule has 7 heteroatoms. The molecule has 0 fully saturated rings. The van der Waals surface area contributed by atoms with Gasteiger partial charge in [0.25, 0.3) is 0 Å². The molecule has 0 radical (unpaired) electrons. The van der Waals surface area contributed by atoms with Crippen LogP contribution in [0.5, 0.6) is 0 Å². The van der Waals surface area contributed by atoms with Crippen LogP contribution in [0.2, 0.25) is 0 Å². The van der Waals surface area contributed by atoms with Crippen LogP contribution in [-0.2, 0) is 4.79 Å². The van der Waals surface area contributed by atoms with Gasteiger partial charge in [-0.2, -0.15) is 13.2 Å². The summed E-state index contributed by atoms with van der Waals surface area (Å²) in [5.41, 5.74) is 5.28. The van der Waals surface area contributed by atoms with Gasteiger partial charge in [0, 0.05) is 6.54 Å². The molecule has 0 bridgehead atoms. The summed E-state index contributed by atoms with van der Waals surface area (Å²) >= 11 is 0. The molecular formula is C9H18F3N3O. The van der Waals surface area contributed by atoms with Crippen LogP contribution in [0.3, 0.4) is 0 Å². The van der Waals surface area contributed by atoms with Crippen molar-refractivity contribution < 1.29 is 18.0 Å². The number of hydrogen-bond donors (Lipinski definition) is 3. The number of hydrogen-bond acceptors (Lipinski definition) is 3. The van der Waals surface area contributed by atoms with Crippen LogP contribution in [0, 0.1) is 0 Å². The molecule has 0 saturated carbocycles. The average molecular weight is 241 g/mol. The third-order valence-corrected chi connectivity index (χ3v) is 1.88. The molecule has 0 heterocycles. The minimum absolute atomic E-state index is 0.0300. The minimum Gasteiger partial charge on any atom is -0.348 e. The Morgan fingerprint density at radius 3 is 2.25 bits per heavy atom. The molecule has 0 aliphatic carbocycles. The maximum atomic E-state index is 11.7. The maximum absolute atomic E-state index is 11.7. The molecule has 4 N–H and O–H groups in total. The van der Waals surface area contributed by atoms with Gasteiger partial charge in [-0.3, -0.25) is 4.79 Å². The van der Waals surface area contributed by atoms with Gasteiger partial charge in [-0.05, 0) is 38.9 Å². The fourth-order valence-corrected chi connectivity index (χ4v) is 1.03. The van der Waals surface area contributed by atoms with Crippen molar-refractivity contribution in [2.45, 2.75) is 25.4 Å². The van der Waals surface area contributed by atoms with Crippen molar-refractivity contribution in [3.8, 4) is 0 Å². The predicted molar refractivity (Wildman–Crippen MR) is 54.8 cm³/mol. The Balaban J connectivity index is 3.25. The molecule has 0 aliphatic rings. The Morgan fingerprint density at radius 2 is 1.69 bits per heavy atom. The molecule has 0 spiro atoms. The molecular weight excluding hydrogens is 223 g/mol. The van der Waals surface area contributed by atoms with E-state index in [2.05, 4.69) is 5.32 Å². The zero-order valence-corrected chi connectivity index (χ0v) is 9.07. The minimum atomic E-state index is -4.78. The van der Waals surface area contributed by atoms with E-state index < -0.39 is 12.1 Å². The first-order valence-corrected chi connectivity index (χ1v) is 5.24. The second-order valence-corrected chi connectivity index (χ2v) is 3.35. The van der Waals surface area contributed by atoms with Crippen molar-refractivity contribution in [2.24, 2.45) is 5.73 Å². The number of carbonyl (C=O) groups is 1. The number of carbonyl (C=O) groups excluding carboxylic acids is 1. The average Bonchev–Trinajstić information content (AvgIpc) is 2.20. The lowest BCUT2D eigenvalue weighted by Gasteiger charge is -2.08. The number of unbranched alkanes of at least 4 members (excludes halogenated alkanes) is 1. The molecule has 4 nitrogen and oxygen atoms in total. The Kier molecular flexibility index (Phi) is 7.92. The molecule has 0 unspecified atom stereocenters. The fourth-order valence-electron chi connectivity index (χ4n) is 1.03. The van der Waals surface area contributed by atoms with Crippen molar-refractivity contribution >= 4 is 5.91 Å². The van der Waals surface area contributed by atoms with Gasteiger partial charge >= 0.3 is 12.1 Å². The highest BCUT2D eigenvalue weighted by atomic mass is 19.4. The summed E-state index contributed by atoms with van der Waals surface area (Å²) in [6.45, 7) is 2.05. The fraction of sp³-hybridized carbons (Fsp3) is 0.889. The second-order valence-electron chi connectivity index (χ2n) is 3.35. The van der Waals surface area contributed by atoms with E-state index in [0.717, 1.165) is 19.4 Å². The van der Waals surface area contributed by atoms with Gasteiger partial charge in [0.1, 0.15) is 0 Å². The second kappa shape index (κ2) is 8.35. The summed E-state index contributed by atoms with van der Waals surface area (Å²) in [5, 5.41) is 4.85. The summed E-state index contributed by atoms with van der Waals surface area (Å²) in [7, 11) is 0.